The summed E-state index contributed by atoms with van der Waals surface area (Å²) in [5.74, 6) is 1.88. The Bertz CT molecular complexity index is 1050. The summed E-state index contributed by atoms with van der Waals surface area (Å²) >= 11 is 1.53. The van der Waals surface area contributed by atoms with Crippen LogP contribution in [0, 0.1) is 6.92 Å². The minimum atomic E-state index is 0. The van der Waals surface area contributed by atoms with E-state index >= 15 is 0 Å². The Kier molecular flexibility index (Phi) is 7.40. The first kappa shape index (κ1) is 21.3. The normalized spacial score (nSPS) is 10.2. The number of nitrogens with one attached hydrogen (secondary N) is 1. The molecule has 0 amide bonds. The molecule has 4 aromatic rings. The van der Waals surface area contributed by atoms with Gasteiger partial charge in [0.1, 0.15) is 19.0 Å². The molecule has 0 saturated heterocycles. The average molecular weight is 420 g/mol. The van der Waals surface area contributed by atoms with Crippen LogP contribution in [0.4, 0.5) is 10.9 Å². The van der Waals surface area contributed by atoms with Crippen LogP contribution in [0.1, 0.15) is 24.2 Å². The van der Waals surface area contributed by atoms with Gasteiger partial charge in [0.25, 0.3) is 0 Å². The van der Waals surface area contributed by atoms with Gasteiger partial charge in [-0.25, -0.2) is 9.97 Å². The molecule has 0 fully saturated rings. The molecule has 0 radical (unpaired) electrons. The van der Waals surface area contributed by atoms with E-state index < -0.39 is 0 Å². The summed E-state index contributed by atoms with van der Waals surface area (Å²) in [7, 11) is 0. The number of hydrogen-bond donors (Lipinski definition) is 1. The van der Waals surface area contributed by atoms with Gasteiger partial charge in [0.15, 0.2) is 16.7 Å². The lowest BCUT2D eigenvalue weighted by Crippen LogP contribution is -2.03. The molecule has 0 spiro atoms. The van der Waals surface area contributed by atoms with Gasteiger partial charge in [-0.3, -0.25) is 0 Å². The Morgan fingerprint density at radius 3 is 2.13 bits per heavy atom. The number of aryl methyl sites for hydroxylation is 1. The van der Waals surface area contributed by atoms with Gasteiger partial charge in [-0.2, -0.15) is 0 Å². The van der Waals surface area contributed by atoms with E-state index in [1.165, 1.54) is 11.3 Å². The average Bonchev–Trinajstić information content (AvgIpc) is 3.18. The van der Waals surface area contributed by atoms with E-state index in [4.69, 9.17) is 9.47 Å². The zero-order chi connectivity index (χ0) is 19.9. The summed E-state index contributed by atoms with van der Waals surface area (Å²) < 4.78 is 12.0. The Labute approximate surface area is 181 Å². The second-order valence-electron chi connectivity index (χ2n) is 6.49. The van der Waals surface area contributed by atoms with E-state index in [1.54, 1.807) is 6.20 Å². The fourth-order valence-electron chi connectivity index (χ4n) is 2.70. The topological polar surface area (TPSA) is 56.3 Å². The van der Waals surface area contributed by atoms with E-state index in [2.05, 4.69) is 15.3 Å². The lowest BCUT2D eigenvalue weighted by molar-refractivity contribution is 0.289. The maximum absolute atomic E-state index is 6.07. The molecular formula is C24H25N3O2S. The van der Waals surface area contributed by atoms with Crippen molar-refractivity contribution in [1.29, 1.82) is 0 Å². The Morgan fingerprint density at radius 2 is 1.53 bits per heavy atom. The van der Waals surface area contributed by atoms with Crippen LogP contribution in [0.2, 0.25) is 0 Å². The molecule has 1 N–H and O–H groups in total. The van der Waals surface area contributed by atoms with Gasteiger partial charge >= 0.3 is 0 Å². The number of nitrogens with zero attached hydrogens (tertiary/aromatic N) is 2. The highest BCUT2D eigenvalue weighted by Crippen LogP contribution is 2.31. The molecule has 4 rings (SSSR count). The summed E-state index contributed by atoms with van der Waals surface area (Å²) in [6.07, 6.45) is 1.70. The molecular weight excluding hydrogens is 394 g/mol. The van der Waals surface area contributed by atoms with Crippen molar-refractivity contribution in [2.24, 2.45) is 0 Å². The number of hydrogen-bond acceptors (Lipinski definition) is 6. The Morgan fingerprint density at radius 1 is 0.900 bits per heavy atom. The lowest BCUT2D eigenvalue weighted by atomic mass is 10.2. The summed E-state index contributed by atoms with van der Waals surface area (Å²) in [5, 5.41) is 6.01. The van der Waals surface area contributed by atoms with Crippen molar-refractivity contribution in [3.8, 4) is 11.5 Å². The molecule has 2 aromatic heterocycles. The minimum Gasteiger partial charge on any atom is -0.487 e. The number of benzene rings is 2. The SMILES string of the molecule is C.Cc1csc(Nc2ncc(OCc3ccccc3)cc2OCc2ccccc2)n1. The molecule has 0 atom stereocenters. The van der Waals surface area contributed by atoms with Gasteiger partial charge < -0.3 is 14.8 Å². The van der Waals surface area contributed by atoms with Crippen molar-refractivity contribution in [2.45, 2.75) is 27.6 Å². The Hall–Kier alpha value is -3.38. The monoisotopic (exact) mass is 419 g/mol. The first-order valence-corrected chi connectivity index (χ1v) is 10.2. The van der Waals surface area contributed by atoms with E-state index in [-0.39, 0.29) is 7.43 Å². The third kappa shape index (κ3) is 5.81. The van der Waals surface area contributed by atoms with Crippen LogP contribution < -0.4 is 14.8 Å². The first-order chi connectivity index (χ1) is 14.3. The van der Waals surface area contributed by atoms with Gasteiger partial charge in [0.05, 0.1) is 11.9 Å². The largest absolute Gasteiger partial charge is 0.487 e. The predicted octanol–water partition coefficient (Wildman–Crippen LogP) is 6.38. The van der Waals surface area contributed by atoms with Crippen LogP contribution in [0.15, 0.2) is 78.3 Å². The van der Waals surface area contributed by atoms with Crippen molar-refractivity contribution in [3.63, 3.8) is 0 Å². The van der Waals surface area contributed by atoms with E-state index in [9.17, 15) is 0 Å². The number of anilines is 2. The van der Waals surface area contributed by atoms with Crippen LogP contribution in [0.5, 0.6) is 11.5 Å². The quantitative estimate of drug-likeness (QED) is 0.359. The molecule has 0 unspecified atom stereocenters. The van der Waals surface area contributed by atoms with Gasteiger partial charge in [0.2, 0.25) is 0 Å². The number of pyridine rings is 1. The van der Waals surface area contributed by atoms with Crippen molar-refractivity contribution in [2.75, 3.05) is 5.32 Å². The molecule has 0 aliphatic rings. The minimum absolute atomic E-state index is 0. The molecule has 154 valence electrons. The first-order valence-electron chi connectivity index (χ1n) is 9.29. The van der Waals surface area contributed by atoms with Crippen LogP contribution in [0.25, 0.3) is 0 Å². The van der Waals surface area contributed by atoms with Crippen LogP contribution in [0.3, 0.4) is 0 Å². The number of rotatable bonds is 8. The summed E-state index contributed by atoms with van der Waals surface area (Å²) in [6, 6.07) is 21.9. The molecule has 5 nitrogen and oxygen atoms in total. The number of aromatic nitrogens is 2. The highest BCUT2D eigenvalue weighted by molar-refractivity contribution is 7.13. The van der Waals surface area contributed by atoms with Crippen LogP contribution in [-0.2, 0) is 13.2 Å². The van der Waals surface area contributed by atoms with Gasteiger partial charge in [-0.1, -0.05) is 68.1 Å². The highest BCUT2D eigenvalue weighted by atomic mass is 32.1. The van der Waals surface area contributed by atoms with Crippen molar-refractivity contribution in [3.05, 3.63) is 95.1 Å². The smallest absolute Gasteiger partial charge is 0.188 e. The second-order valence-corrected chi connectivity index (χ2v) is 7.34. The molecule has 2 aromatic carbocycles. The van der Waals surface area contributed by atoms with Gasteiger partial charge in [-0.05, 0) is 18.1 Å². The van der Waals surface area contributed by atoms with Crippen LogP contribution >= 0.6 is 11.3 Å². The van der Waals surface area contributed by atoms with Crippen LogP contribution in [-0.4, -0.2) is 9.97 Å². The molecule has 30 heavy (non-hydrogen) atoms. The number of thiazole rings is 1. The highest BCUT2D eigenvalue weighted by Gasteiger charge is 2.11. The maximum atomic E-state index is 6.07. The fourth-order valence-corrected chi connectivity index (χ4v) is 3.39. The zero-order valence-electron chi connectivity index (χ0n) is 16.0. The summed E-state index contributed by atoms with van der Waals surface area (Å²) in [5.41, 5.74) is 3.14. The second kappa shape index (κ2) is 10.4. The fraction of sp³-hybridized carbons (Fsp3) is 0.167. The van der Waals surface area contributed by atoms with Gasteiger partial charge in [-0.15, -0.1) is 11.3 Å². The molecule has 6 heteroatoms. The standard InChI is InChI=1S/C23H21N3O2S.CH4/c1-17-16-29-23(25-17)26-22-21(28-15-19-10-6-3-7-11-19)12-20(13-24-22)27-14-18-8-4-2-5-9-18;/h2-13,16H,14-15H2,1H3,(H,24,25,26);1H4. The van der Waals surface area contributed by atoms with Gasteiger partial charge in [0, 0.05) is 11.4 Å². The molecule has 0 saturated carbocycles. The summed E-state index contributed by atoms with van der Waals surface area (Å²) in [6.45, 7) is 2.87. The Balaban J connectivity index is 0.00000256. The number of ether oxygens (including phenoxy) is 2. The predicted molar refractivity (Wildman–Crippen MR) is 123 cm³/mol. The van der Waals surface area contributed by atoms with Crippen molar-refractivity contribution >= 4 is 22.3 Å². The third-order valence-corrected chi connectivity index (χ3v) is 5.03. The van der Waals surface area contributed by atoms with E-state index in [0.717, 1.165) is 22.0 Å². The lowest BCUT2D eigenvalue weighted by Gasteiger charge is -2.13. The zero-order valence-corrected chi connectivity index (χ0v) is 16.9. The van der Waals surface area contributed by atoms with E-state index in [1.807, 2.05) is 79.0 Å². The van der Waals surface area contributed by atoms with E-state index in [0.29, 0.717) is 30.5 Å². The van der Waals surface area contributed by atoms with Crippen molar-refractivity contribution < 1.29 is 9.47 Å². The van der Waals surface area contributed by atoms with Crippen molar-refractivity contribution in [1.82, 2.24) is 9.97 Å². The molecule has 0 aliphatic carbocycles. The maximum Gasteiger partial charge on any atom is 0.188 e. The molecule has 0 bridgehead atoms. The third-order valence-electron chi connectivity index (χ3n) is 4.16. The molecule has 2 heterocycles. The summed E-state index contributed by atoms with van der Waals surface area (Å²) in [4.78, 5) is 8.96. The molecule has 0 aliphatic heterocycles.